The Kier molecular flexibility index (Phi) is 6.06. The van der Waals surface area contributed by atoms with Gasteiger partial charge in [-0.15, -0.1) is 0 Å². The number of carbonyl (C=O) groups is 1. The Hall–Kier alpha value is -0.610. The molecule has 0 aromatic heterocycles. The zero-order valence-corrected chi connectivity index (χ0v) is 13.9. The van der Waals surface area contributed by atoms with E-state index in [0.717, 1.165) is 38.3 Å². The van der Waals surface area contributed by atoms with E-state index >= 15 is 0 Å². The number of hydrogen-bond acceptors (Lipinski definition) is 3. The molecule has 1 aliphatic carbocycles. The van der Waals surface area contributed by atoms with Gasteiger partial charge in [0.15, 0.2) is 0 Å². The Morgan fingerprint density at radius 1 is 1.29 bits per heavy atom. The largest absolute Gasteiger partial charge is 0.481 e. The fraction of sp³-hybridized carbons (Fsp3) is 0.941. The molecule has 2 fully saturated rings. The lowest BCUT2D eigenvalue weighted by atomic mass is 9.75. The van der Waals surface area contributed by atoms with Crippen molar-refractivity contribution in [2.45, 2.75) is 64.0 Å². The molecule has 4 nitrogen and oxygen atoms in total. The maximum absolute atomic E-state index is 11.7. The Morgan fingerprint density at radius 2 is 2.05 bits per heavy atom. The van der Waals surface area contributed by atoms with E-state index in [4.69, 9.17) is 0 Å². The molecule has 4 atom stereocenters. The third-order valence-electron chi connectivity index (χ3n) is 5.36. The Labute approximate surface area is 129 Å². The molecule has 2 rings (SSSR count). The van der Waals surface area contributed by atoms with Crippen LogP contribution in [0.5, 0.6) is 0 Å². The second kappa shape index (κ2) is 7.59. The SMILES string of the molecule is CCCC1CCC(C(=O)O)C(N2CCCC2CN(C)C)C1. The molecular weight excluding hydrogens is 264 g/mol. The van der Waals surface area contributed by atoms with Gasteiger partial charge in [-0.1, -0.05) is 19.8 Å². The topological polar surface area (TPSA) is 43.8 Å². The summed E-state index contributed by atoms with van der Waals surface area (Å²) in [4.78, 5) is 16.5. The van der Waals surface area contributed by atoms with Crippen molar-refractivity contribution in [3.05, 3.63) is 0 Å². The van der Waals surface area contributed by atoms with E-state index in [0.29, 0.717) is 6.04 Å². The predicted octanol–water partition coefficient (Wildman–Crippen LogP) is 2.68. The van der Waals surface area contributed by atoms with Crippen LogP contribution in [0.2, 0.25) is 0 Å². The summed E-state index contributed by atoms with van der Waals surface area (Å²) in [6.07, 6.45) is 7.99. The highest BCUT2D eigenvalue weighted by Gasteiger charge is 2.41. The maximum atomic E-state index is 11.7. The summed E-state index contributed by atoms with van der Waals surface area (Å²) >= 11 is 0. The van der Waals surface area contributed by atoms with Crippen molar-refractivity contribution in [2.75, 3.05) is 27.2 Å². The van der Waals surface area contributed by atoms with Gasteiger partial charge in [0.25, 0.3) is 0 Å². The molecule has 4 heteroatoms. The lowest BCUT2D eigenvalue weighted by Gasteiger charge is -2.42. The number of rotatable bonds is 6. The van der Waals surface area contributed by atoms with E-state index < -0.39 is 5.97 Å². The highest BCUT2D eigenvalue weighted by atomic mass is 16.4. The van der Waals surface area contributed by atoms with E-state index in [-0.39, 0.29) is 12.0 Å². The number of likely N-dealkylation sites (N-methyl/N-ethyl adjacent to an activating group) is 1. The second-order valence-corrected chi connectivity index (χ2v) is 7.28. The molecule has 1 heterocycles. The van der Waals surface area contributed by atoms with Gasteiger partial charge in [-0.05, 0) is 58.7 Å². The lowest BCUT2D eigenvalue weighted by Crippen LogP contribution is -2.51. The fourth-order valence-electron chi connectivity index (χ4n) is 4.47. The van der Waals surface area contributed by atoms with E-state index in [2.05, 4.69) is 30.8 Å². The van der Waals surface area contributed by atoms with Gasteiger partial charge in [-0.2, -0.15) is 0 Å². The standard InChI is InChI=1S/C17H32N2O2/c1-4-6-13-8-9-15(17(20)21)16(11-13)19-10-5-7-14(19)12-18(2)3/h13-16H,4-12H2,1-3H3,(H,20,21). The van der Waals surface area contributed by atoms with Gasteiger partial charge in [-0.25, -0.2) is 0 Å². The maximum Gasteiger partial charge on any atom is 0.308 e. The summed E-state index contributed by atoms with van der Waals surface area (Å²) in [6, 6.07) is 0.812. The predicted molar refractivity (Wildman–Crippen MR) is 85.4 cm³/mol. The van der Waals surface area contributed by atoms with Crippen molar-refractivity contribution in [3.63, 3.8) is 0 Å². The molecule has 4 unspecified atom stereocenters. The molecule has 0 aromatic carbocycles. The van der Waals surface area contributed by atoms with E-state index in [1.54, 1.807) is 0 Å². The third-order valence-corrected chi connectivity index (χ3v) is 5.36. The first-order chi connectivity index (χ1) is 10.0. The van der Waals surface area contributed by atoms with Gasteiger partial charge in [-0.3, -0.25) is 9.69 Å². The average Bonchev–Trinajstić information content (AvgIpc) is 2.86. The summed E-state index contributed by atoms with van der Waals surface area (Å²) < 4.78 is 0. The molecule has 0 radical (unpaired) electrons. The van der Waals surface area contributed by atoms with Crippen LogP contribution >= 0.6 is 0 Å². The molecule has 0 amide bonds. The summed E-state index contributed by atoms with van der Waals surface area (Å²) in [5, 5.41) is 9.62. The van der Waals surface area contributed by atoms with Gasteiger partial charge in [0.1, 0.15) is 0 Å². The molecule has 21 heavy (non-hydrogen) atoms. The van der Waals surface area contributed by atoms with Crippen molar-refractivity contribution in [1.29, 1.82) is 0 Å². The highest BCUT2D eigenvalue weighted by Crippen LogP contribution is 2.37. The van der Waals surface area contributed by atoms with Crippen molar-refractivity contribution in [3.8, 4) is 0 Å². The quantitative estimate of drug-likeness (QED) is 0.818. The molecule has 1 saturated heterocycles. The summed E-state index contributed by atoms with van der Waals surface area (Å²) in [7, 11) is 4.23. The van der Waals surface area contributed by atoms with Crippen molar-refractivity contribution < 1.29 is 9.90 Å². The number of hydrogen-bond donors (Lipinski definition) is 1. The van der Waals surface area contributed by atoms with Crippen LogP contribution in [0, 0.1) is 11.8 Å². The highest BCUT2D eigenvalue weighted by molar-refractivity contribution is 5.71. The minimum absolute atomic E-state index is 0.152. The molecule has 0 bridgehead atoms. The summed E-state index contributed by atoms with van der Waals surface area (Å²) in [5.41, 5.74) is 0. The average molecular weight is 296 g/mol. The van der Waals surface area contributed by atoms with Crippen molar-refractivity contribution in [1.82, 2.24) is 9.80 Å². The molecule has 0 spiro atoms. The molecule has 122 valence electrons. The first-order valence-corrected chi connectivity index (χ1v) is 8.66. The fourth-order valence-corrected chi connectivity index (χ4v) is 4.47. The Bertz CT molecular complexity index is 346. The van der Waals surface area contributed by atoms with Crippen LogP contribution in [0.4, 0.5) is 0 Å². The number of likely N-dealkylation sites (tertiary alicyclic amines) is 1. The zero-order chi connectivity index (χ0) is 15.4. The summed E-state index contributed by atoms with van der Waals surface area (Å²) in [5.74, 6) is 0.00234. The first-order valence-electron chi connectivity index (χ1n) is 8.66. The molecule has 1 N–H and O–H groups in total. The molecule has 2 aliphatic rings. The Morgan fingerprint density at radius 3 is 2.67 bits per heavy atom. The van der Waals surface area contributed by atoms with Crippen LogP contribution in [-0.4, -0.2) is 60.1 Å². The molecular formula is C17H32N2O2. The Balaban J connectivity index is 2.08. The van der Waals surface area contributed by atoms with Crippen LogP contribution in [0.15, 0.2) is 0 Å². The van der Waals surface area contributed by atoms with Crippen LogP contribution in [0.3, 0.4) is 0 Å². The van der Waals surface area contributed by atoms with Crippen LogP contribution in [0.25, 0.3) is 0 Å². The zero-order valence-electron chi connectivity index (χ0n) is 13.9. The molecule has 1 saturated carbocycles. The third kappa shape index (κ3) is 4.19. The van der Waals surface area contributed by atoms with Gasteiger partial charge in [0.2, 0.25) is 0 Å². The van der Waals surface area contributed by atoms with Gasteiger partial charge in [0, 0.05) is 18.6 Å². The second-order valence-electron chi connectivity index (χ2n) is 7.28. The number of carboxylic acid groups (broad SMARTS) is 1. The summed E-state index contributed by atoms with van der Waals surface area (Å²) in [6.45, 7) is 4.38. The normalized spacial score (nSPS) is 34.5. The number of carboxylic acids is 1. The van der Waals surface area contributed by atoms with E-state index in [9.17, 15) is 9.90 Å². The number of nitrogens with zero attached hydrogens (tertiary/aromatic N) is 2. The molecule has 1 aliphatic heterocycles. The van der Waals surface area contributed by atoms with Gasteiger partial charge in [0.05, 0.1) is 5.92 Å². The van der Waals surface area contributed by atoms with Gasteiger partial charge >= 0.3 is 5.97 Å². The van der Waals surface area contributed by atoms with Crippen LogP contribution in [-0.2, 0) is 4.79 Å². The van der Waals surface area contributed by atoms with E-state index in [1.807, 2.05) is 0 Å². The lowest BCUT2D eigenvalue weighted by molar-refractivity contribution is -0.146. The monoisotopic (exact) mass is 296 g/mol. The minimum Gasteiger partial charge on any atom is -0.481 e. The van der Waals surface area contributed by atoms with Crippen molar-refractivity contribution >= 4 is 5.97 Å². The van der Waals surface area contributed by atoms with Gasteiger partial charge < -0.3 is 10.0 Å². The minimum atomic E-state index is -0.578. The van der Waals surface area contributed by atoms with Crippen molar-refractivity contribution in [2.24, 2.45) is 11.8 Å². The smallest absolute Gasteiger partial charge is 0.308 e. The van der Waals surface area contributed by atoms with Crippen LogP contribution < -0.4 is 0 Å². The first kappa shape index (κ1) is 16.8. The van der Waals surface area contributed by atoms with E-state index in [1.165, 1.54) is 25.7 Å². The van der Waals surface area contributed by atoms with Crippen LogP contribution in [0.1, 0.15) is 51.9 Å². The number of aliphatic carboxylic acids is 1. The molecule has 0 aromatic rings.